The van der Waals surface area contributed by atoms with Crippen molar-refractivity contribution in [2.75, 3.05) is 27.2 Å². The molecule has 17 heavy (non-hydrogen) atoms. The molecule has 0 aliphatic heterocycles. The molecule has 0 aliphatic carbocycles. The van der Waals surface area contributed by atoms with Gasteiger partial charge in [-0.1, -0.05) is 30.3 Å². The number of hydrogen-bond donors (Lipinski definition) is 2. The number of benzene rings is 1. The van der Waals surface area contributed by atoms with Crippen LogP contribution in [0.1, 0.15) is 18.4 Å². The Kier molecular flexibility index (Phi) is 6.86. The maximum absolute atomic E-state index is 9.57. The topological polar surface area (TPSA) is 35.5 Å². The first-order chi connectivity index (χ1) is 8.22. The number of nitrogens with zero attached hydrogens (tertiary/aromatic N) is 1. The molecule has 2 N–H and O–H groups in total. The maximum Gasteiger partial charge on any atom is 0.0665 e. The molecule has 1 aromatic rings. The molecule has 0 spiro atoms. The highest BCUT2D eigenvalue weighted by Gasteiger charge is 2.04. The van der Waals surface area contributed by atoms with E-state index in [0.29, 0.717) is 6.54 Å². The average molecular weight is 236 g/mol. The van der Waals surface area contributed by atoms with Gasteiger partial charge in [-0.3, -0.25) is 0 Å². The number of likely N-dealkylation sites (N-methyl/N-ethyl adjacent to an activating group) is 1. The largest absolute Gasteiger partial charge is 0.392 e. The fourth-order valence-corrected chi connectivity index (χ4v) is 1.91. The van der Waals surface area contributed by atoms with E-state index in [0.717, 1.165) is 25.9 Å². The van der Waals surface area contributed by atoms with Gasteiger partial charge in [-0.15, -0.1) is 0 Å². The van der Waals surface area contributed by atoms with Crippen LogP contribution in [0.15, 0.2) is 30.3 Å². The van der Waals surface area contributed by atoms with Crippen LogP contribution < -0.4 is 5.32 Å². The zero-order valence-electron chi connectivity index (χ0n) is 10.9. The van der Waals surface area contributed by atoms with Crippen LogP contribution >= 0.6 is 0 Å². The van der Waals surface area contributed by atoms with Crippen molar-refractivity contribution in [1.29, 1.82) is 0 Å². The molecule has 0 saturated heterocycles. The predicted octanol–water partition coefficient (Wildman–Crippen LogP) is 1.48. The molecule has 1 rings (SSSR count). The second-order valence-corrected chi connectivity index (χ2v) is 4.58. The van der Waals surface area contributed by atoms with Gasteiger partial charge in [0.1, 0.15) is 0 Å². The molecule has 96 valence electrons. The average Bonchev–Trinajstić information content (AvgIpc) is 2.30. The third-order valence-electron chi connectivity index (χ3n) is 2.81. The molecule has 0 fully saturated rings. The lowest BCUT2D eigenvalue weighted by molar-refractivity contribution is 0.155. The van der Waals surface area contributed by atoms with Crippen LogP contribution in [0.4, 0.5) is 0 Å². The van der Waals surface area contributed by atoms with E-state index in [-0.39, 0.29) is 6.10 Å². The van der Waals surface area contributed by atoms with Crippen molar-refractivity contribution in [3.05, 3.63) is 35.9 Å². The predicted molar refractivity (Wildman–Crippen MR) is 71.9 cm³/mol. The van der Waals surface area contributed by atoms with Crippen molar-refractivity contribution in [3.8, 4) is 0 Å². The lowest BCUT2D eigenvalue weighted by atomic mass is 10.1. The minimum atomic E-state index is -0.217. The standard InChI is InChI=1S/C14H24N2O/c1-15-11-14(17)9-6-10-16(2)12-13-7-4-3-5-8-13/h3-5,7-8,14-15,17H,6,9-12H2,1-2H3. The highest BCUT2D eigenvalue weighted by atomic mass is 16.3. The van der Waals surface area contributed by atoms with Crippen LogP contribution in [0.3, 0.4) is 0 Å². The monoisotopic (exact) mass is 236 g/mol. The lowest BCUT2D eigenvalue weighted by Gasteiger charge is -2.17. The van der Waals surface area contributed by atoms with Crippen molar-refractivity contribution in [2.45, 2.75) is 25.5 Å². The van der Waals surface area contributed by atoms with Gasteiger partial charge in [0.15, 0.2) is 0 Å². The van der Waals surface area contributed by atoms with Crippen molar-refractivity contribution in [2.24, 2.45) is 0 Å². The zero-order valence-corrected chi connectivity index (χ0v) is 10.9. The van der Waals surface area contributed by atoms with E-state index < -0.39 is 0 Å². The Balaban J connectivity index is 2.15. The minimum Gasteiger partial charge on any atom is -0.392 e. The molecule has 0 saturated carbocycles. The van der Waals surface area contributed by atoms with E-state index in [2.05, 4.69) is 41.5 Å². The Bertz CT molecular complexity index is 290. The van der Waals surface area contributed by atoms with E-state index in [1.54, 1.807) is 0 Å². The first-order valence-electron chi connectivity index (χ1n) is 6.27. The third kappa shape index (κ3) is 6.41. The van der Waals surface area contributed by atoms with Crippen LogP contribution in [0.5, 0.6) is 0 Å². The number of rotatable bonds is 8. The van der Waals surface area contributed by atoms with Crippen molar-refractivity contribution in [1.82, 2.24) is 10.2 Å². The van der Waals surface area contributed by atoms with E-state index >= 15 is 0 Å². The quantitative estimate of drug-likeness (QED) is 0.717. The fourth-order valence-electron chi connectivity index (χ4n) is 1.91. The summed E-state index contributed by atoms with van der Waals surface area (Å²) in [6, 6.07) is 10.5. The molecule has 0 radical (unpaired) electrons. The van der Waals surface area contributed by atoms with Crippen LogP contribution in [-0.4, -0.2) is 43.3 Å². The van der Waals surface area contributed by atoms with Crippen molar-refractivity contribution in [3.63, 3.8) is 0 Å². The summed E-state index contributed by atoms with van der Waals surface area (Å²) in [4.78, 5) is 2.29. The summed E-state index contributed by atoms with van der Waals surface area (Å²) >= 11 is 0. The molecule has 1 unspecified atom stereocenters. The molecule has 0 aromatic heterocycles. The number of hydrogen-bond acceptors (Lipinski definition) is 3. The molecule has 3 nitrogen and oxygen atoms in total. The SMILES string of the molecule is CNCC(O)CCCN(C)Cc1ccccc1. The van der Waals surface area contributed by atoms with Gasteiger partial charge in [0.25, 0.3) is 0 Å². The summed E-state index contributed by atoms with van der Waals surface area (Å²) in [5.74, 6) is 0. The molecule has 0 aliphatic rings. The summed E-state index contributed by atoms with van der Waals surface area (Å²) in [5, 5.41) is 12.6. The number of nitrogens with one attached hydrogen (secondary N) is 1. The van der Waals surface area contributed by atoms with Gasteiger partial charge in [0.2, 0.25) is 0 Å². The van der Waals surface area contributed by atoms with Crippen LogP contribution in [0.2, 0.25) is 0 Å². The molecule has 1 aromatic carbocycles. The Morgan fingerprint density at radius 2 is 2.00 bits per heavy atom. The number of aliphatic hydroxyl groups excluding tert-OH is 1. The first kappa shape index (κ1) is 14.2. The minimum absolute atomic E-state index is 0.217. The van der Waals surface area contributed by atoms with E-state index in [9.17, 15) is 5.11 Å². The Labute approximate surface area is 104 Å². The molecule has 1 atom stereocenters. The Hall–Kier alpha value is -0.900. The molecule has 3 heteroatoms. The van der Waals surface area contributed by atoms with Gasteiger partial charge in [-0.05, 0) is 39.0 Å². The summed E-state index contributed by atoms with van der Waals surface area (Å²) < 4.78 is 0. The van der Waals surface area contributed by atoms with Crippen LogP contribution in [0, 0.1) is 0 Å². The summed E-state index contributed by atoms with van der Waals surface area (Å²) in [5.41, 5.74) is 1.34. The highest BCUT2D eigenvalue weighted by Crippen LogP contribution is 2.04. The Morgan fingerprint density at radius 3 is 2.65 bits per heavy atom. The van der Waals surface area contributed by atoms with Crippen LogP contribution in [-0.2, 0) is 6.54 Å². The van der Waals surface area contributed by atoms with Crippen LogP contribution in [0.25, 0.3) is 0 Å². The van der Waals surface area contributed by atoms with E-state index in [4.69, 9.17) is 0 Å². The third-order valence-corrected chi connectivity index (χ3v) is 2.81. The summed E-state index contributed by atoms with van der Waals surface area (Å²) in [6.45, 7) is 2.68. The van der Waals surface area contributed by atoms with Gasteiger partial charge >= 0.3 is 0 Å². The second kappa shape index (κ2) is 8.23. The summed E-state index contributed by atoms with van der Waals surface area (Å²) in [7, 11) is 3.99. The molecular weight excluding hydrogens is 212 g/mol. The lowest BCUT2D eigenvalue weighted by Crippen LogP contribution is -2.25. The fraction of sp³-hybridized carbons (Fsp3) is 0.571. The van der Waals surface area contributed by atoms with Gasteiger partial charge < -0.3 is 15.3 Å². The van der Waals surface area contributed by atoms with Crippen molar-refractivity contribution < 1.29 is 5.11 Å². The summed E-state index contributed by atoms with van der Waals surface area (Å²) in [6.07, 6.45) is 1.68. The second-order valence-electron chi connectivity index (χ2n) is 4.58. The molecular formula is C14H24N2O. The zero-order chi connectivity index (χ0) is 12.5. The van der Waals surface area contributed by atoms with Crippen molar-refractivity contribution >= 4 is 0 Å². The Morgan fingerprint density at radius 1 is 1.29 bits per heavy atom. The smallest absolute Gasteiger partial charge is 0.0665 e. The molecule has 0 amide bonds. The first-order valence-corrected chi connectivity index (χ1v) is 6.27. The van der Waals surface area contributed by atoms with Gasteiger partial charge in [-0.25, -0.2) is 0 Å². The maximum atomic E-state index is 9.57. The van der Waals surface area contributed by atoms with Gasteiger partial charge in [0, 0.05) is 13.1 Å². The highest BCUT2D eigenvalue weighted by molar-refractivity contribution is 5.14. The van der Waals surface area contributed by atoms with E-state index in [1.165, 1.54) is 5.56 Å². The molecule has 0 bridgehead atoms. The normalized spacial score (nSPS) is 12.9. The number of aliphatic hydroxyl groups is 1. The van der Waals surface area contributed by atoms with Gasteiger partial charge in [-0.2, -0.15) is 0 Å². The molecule has 0 heterocycles. The van der Waals surface area contributed by atoms with E-state index in [1.807, 2.05) is 13.1 Å². The van der Waals surface area contributed by atoms with Gasteiger partial charge in [0.05, 0.1) is 6.10 Å².